The Labute approximate surface area is 239 Å². The predicted octanol–water partition coefficient (Wildman–Crippen LogP) is 6.40. The summed E-state index contributed by atoms with van der Waals surface area (Å²) in [6, 6.07) is 0. The minimum absolute atomic E-state index is 0.0371. The summed E-state index contributed by atoms with van der Waals surface area (Å²) in [6.45, 7) is 15.3. The van der Waals surface area contributed by atoms with Crippen LogP contribution in [-0.4, -0.2) is 60.0 Å². The van der Waals surface area contributed by atoms with E-state index in [9.17, 15) is 9.59 Å². The van der Waals surface area contributed by atoms with Gasteiger partial charge in [0.15, 0.2) is 17.3 Å². The number of hydrogen-bond acceptors (Lipinski definition) is 5. The van der Waals surface area contributed by atoms with E-state index in [-0.39, 0.29) is 17.1 Å². The van der Waals surface area contributed by atoms with Crippen LogP contribution in [0.4, 0.5) is 0 Å². The second-order valence-corrected chi connectivity index (χ2v) is 13.6. The van der Waals surface area contributed by atoms with Gasteiger partial charge in [0.05, 0.1) is 5.56 Å². The largest absolute Gasteiger partial charge is 0.448 e. The molecule has 2 heterocycles. The Balaban J connectivity index is 1.36. The molecule has 1 unspecified atom stereocenters. The molecule has 1 aromatic carbocycles. The summed E-state index contributed by atoms with van der Waals surface area (Å²) in [5.41, 5.74) is 7.38. The summed E-state index contributed by atoms with van der Waals surface area (Å²) in [5.74, 6) is 0.760. The van der Waals surface area contributed by atoms with E-state index in [1.807, 2.05) is 32.6 Å². The Kier molecular flexibility index (Phi) is 6.19. The van der Waals surface area contributed by atoms with Crippen LogP contribution in [0.1, 0.15) is 99.7 Å². The molecule has 6 aliphatic rings. The van der Waals surface area contributed by atoms with Gasteiger partial charge in [0, 0.05) is 54.1 Å². The molecule has 0 N–H and O–H groups in total. The number of carbonyl (C=O) groups is 2. The van der Waals surface area contributed by atoms with E-state index in [4.69, 9.17) is 9.47 Å². The number of fused-ring (bicyclic) bond motifs is 5. The Hall–Kier alpha value is -2.86. The van der Waals surface area contributed by atoms with Crippen molar-refractivity contribution in [2.24, 2.45) is 5.41 Å². The molecular formula is C34H44N2O4. The number of nitrogens with zero attached hydrogens (tertiary/aromatic N) is 2. The Morgan fingerprint density at radius 3 is 2.23 bits per heavy atom. The van der Waals surface area contributed by atoms with Crippen molar-refractivity contribution >= 4 is 17.3 Å². The lowest BCUT2D eigenvalue weighted by atomic mass is 9.54. The fourth-order valence-corrected chi connectivity index (χ4v) is 8.39. The van der Waals surface area contributed by atoms with Crippen LogP contribution in [0.25, 0.3) is 5.57 Å². The molecule has 6 nitrogen and oxygen atoms in total. The van der Waals surface area contributed by atoms with Crippen molar-refractivity contribution in [1.82, 2.24) is 9.80 Å². The average molecular weight is 545 g/mol. The quantitative estimate of drug-likeness (QED) is 0.429. The molecule has 214 valence electrons. The van der Waals surface area contributed by atoms with Crippen molar-refractivity contribution in [1.29, 1.82) is 0 Å². The number of ether oxygens (including phenoxy) is 2. The molecule has 1 amide bonds. The first kappa shape index (κ1) is 27.3. The van der Waals surface area contributed by atoms with Crippen molar-refractivity contribution in [3.63, 3.8) is 0 Å². The maximum atomic E-state index is 14.1. The molecule has 0 radical (unpaired) electrons. The van der Waals surface area contributed by atoms with Crippen LogP contribution in [0.3, 0.4) is 0 Å². The first-order valence-corrected chi connectivity index (χ1v) is 14.9. The molecule has 0 aromatic heterocycles. The third-order valence-electron chi connectivity index (χ3n) is 11.1. The molecule has 6 heteroatoms. The number of benzene rings is 1. The van der Waals surface area contributed by atoms with E-state index in [2.05, 4.69) is 38.6 Å². The lowest BCUT2D eigenvalue weighted by Crippen LogP contribution is -2.62. The maximum Gasteiger partial charge on any atom is 0.254 e. The minimum Gasteiger partial charge on any atom is -0.448 e. The fraction of sp³-hybridized carbons (Fsp3) is 0.588. The monoisotopic (exact) mass is 544 g/mol. The molecule has 40 heavy (non-hydrogen) atoms. The van der Waals surface area contributed by atoms with Crippen LogP contribution < -0.4 is 9.47 Å². The van der Waals surface area contributed by atoms with Gasteiger partial charge in [-0.3, -0.25) is 9.59 Å². The smallest absolute Gasteiger partial charge is 0.254 e. The van der Waals surface area contributed by atoms with E-state index in [1.165, 1.54) is 0 Å². The fourth-order valence-electron chi connectivity index (χ4n) is 8.39. The first-order chi connectivity index (χ1) is 18.8. The van der Waals surface area contributed by atoms with Crippen molar-refractivity contribution in [3.8, 4) is 11.5 Å². The van der Waals surface area contributed by atoms with E-state index in [0.717, 1.165) is 83.3 Å². The zero-order valence-electron chi connectivity index (χ0n) is 25.4. The number of hydrogen-bond donors (Lipinski definition) is 0. The third-order valence-corrected chi connectivity index (χ3v) is 11.1. The van der Waals surface area contributed by atoms with Crippen LogP contribution in [0.2, 0.25) is 0 Å². The van der Waals surface area contributed by atoms with Gasteiger partial charge in [0.1, 0.15) is 0 Å². The molecule has 0 spiro atoms. The molecule has 2 aliphatic heterocycles. The van der Waals surface area contributed by atoms with Gasteiger partial charge in [-0.2, -0.15) is 0 Å². The van der Waals surface area contributed by atoms with Gasteiger partial charge < -0.3 is 19.3 Å². The van der Waals surface area contributed by atoms with E-state index in [1.54, 1.807) is 0 Å². The van der Waals surface area contributed by atoms with Crippen LogP contribution in [-0.2, 0) is 11.2 Å². The molecule has 1 aromatic rings. The highest BCUT2D eigenvalue weighted by molar-refractivity contribution is 6.04. The Morgan fingerprint density at radius 2 is 1.65 bits per heavy atom. The SMILES string of the molecule is C=C(C)c1c2c(c(C)c3c1OC(C)(C14CCC(N(C)C)(CC1)CC4)O3)C(=O)N(CC1=C(C)C=C(C)CC1=O)CC2. The number of Topliss-reactive ketones (excluding diaryl/α,β-unsaturated/α-hetero) is 1. The first-order valence-electron chi connectivity index (χ1n) is 14.9. The summed E-state index contributed by atoms with van der Waals surface area (Å²) in [4.78, 5) is 31.2. The second-order valence-electron chi connectivity index (χ2n) is 13.6. The van der Waals surface area contributed by atoms with Gasteiger partial charge in [0.2, 0.25) is 0 Å². The molecule has 2 bridgehead atoms. The number of amides is 1. The average Bonchev–Trinajstić information content (AvgIpc) is 3.27. The Morgan fingerprint density at radius 1 is 1.02 bits per heavy atom. The minimum atomic E-state index is -0.781. The van der Waals surface area contributed by atoms with Crippen LogP contribution in [0, 0.1) is 12.3 Å². The van der Waals surface area contributed by atoms with E-state index in [0.29, 0.717) is 42.8 Å². The van der Waals surface area contributed by atoms with Crippen LogP contribution in [0.5, 0.6) is 11.5 Å². The van der Waals surface area contributed by atoms with Gasteiger partial charge in [-0.15, -0.1) is 0 Å². The predicted molar refractivity (Wildman–Crippen MR) is 158 cm³/mol. The summed E-state index contributed by atoms with van der Waals surface area (Å²) >= 11 is 0. The van der Waals surface area contributed by atoms with Crippen molar-refractivity contribution in [2.45, 2.75) is 97.3 Å². The van der Waals surface area contributed by atoms with Crippen LogP contribution >= 0.6 is 0 Å². The van der Waals surface area contributed by atoms with E-state index >= 15 is 0 Å². The number of rotatable bonds is 5. The van der Waals surface area contributed by atoms with Crippen LogP contribution in [0.15, 0.2) is 29.4 Å². The highest BCUT2D eigenvalue weighted by atomic mass is 16.7. The van der Waals surface area contributed by atoms with Gasteiger partial charge in [0.25, 0.3) is 11.7 Å². The number of carbonyl (C=O) groups excluding carboxylic acids is 2. The normalized spacial score (nSPS) is 31.2. The molecule has 3 fully saturated rings. The molecular weight excluding hydrogens is 500 g/mol. The summed E-state index contributed by atoms with van der Waals surface area (Å²) < 4.78 is 13.8. The third kappa shape index (κ3) is 3.78. The molecule has 4 aliphatic carbocycles. The van der Waals surface area contributed by atoms with Crippen molar-refractivity contribution in [3.05, 3.63) is 51.6 Å². The molecule has 0 saturated heterocycles. The summed E-state index contributed by atoms with van der Waals surface area (Å²) in [6.07, 6.45) is 9.86. The van der Waals surface area contributed by atoms with Gasteiger partial charge in [-0.1, -0.05) is 18.2 Å². The topological polar surface area (TPSA) is 59.1 Å². The molecule has 3 saturated carbocycles. The highest BCUT2D eigenvalue weighted by Crippen LogP contribution is 2.63. The van der Waals surface area contributed by atoms with E-state index < -0.39 is 5.79 Å². The van der Waals surface area contributed by atoms with Gasteiger partial charge in [-0.05, 0) is 103 Å². The molecule has 1 atom stereocenters. The summed E-state index contributed by atoms with van der Waals surface area (Å²) in [5, 5.41) is 0. The maximum absolute atomic E-state index is 14.1. The Bertz CT molecular complexity index is 1390. The summed E-state index contributed by atoms with van der Waals surface area (Å²) in [7, 11) is 4.43. The lowest BCUT2D eigenvalue weighted by Gasteiger charge is -2.59. The second kappa shape index (κ2) is 9.07. The van der Waals surface area contributed by atoms with Gasteiger partial charge in [-0.25, -0.2) is 0 Å². The zero-order valence-corrected chi connectivity index (χ0v) is 25.4. The van der Waals surface area contributed by atoms with Crippen molar-refractivity contribution < 1.29 is 19.1 Å². The highest BCUT2D eigenvalue weighted by Gasteiger charge is 2.63. The number of allylic oxidation sites excluding steroid dienone is 4. The number of ketones is 1. The lowest BCUT2D eigenvalue weighted by molar-refractivity contribution is -0.211. The zero-order chi connectivity index (χ0) is 28.8. The van der Waals surface area contributed by atoms with Gasteiger partial charge >= 0.3 is 0 Å². The molecule has 7 rings (SSSR count). The van der Waals surface area contributed by atoms with Crippen molar-refractivity contribution in [2.75, 3.05) is 27.2 Å². The standard InChI is InChI=1S/C34H44N2O4/c1-20(2)27-24-9-16-36(19-25-22(4)17-21(3)18-26(25)37)31(38)28(24)23(5)29-30(27)40-32(6,39-29)33-10-13-34(14-11-33,15-12-33)35(7)8/h17H,1,9-16,18-19H2,2-8H3.